The van der Waals surface area contributed by atoms with E-state index in [1.165, 1.54) is 24.4 Å². The van der Waals surface area contributed by atoms with Crippen molar-refractivity contribution in [3.8, 4) is 22.4 Å². The zero-order valence-electron chi connectivity index (χ0n) is 18.8. The van der Waals surface area contributed by atoms with Crippen LogP contribution in [0.4, 0.5) is 20.2 Å². The van der Waals surface area contributed by atoms with Crippen molar-refractivity contribution in [3.63, 3.8) is 0 Å². The van der Waals surface area contributed by atoms with E-state index < -0.39 is 11.8 Å². The van der Waals surface area contributed by atoms with Gasteiger partial charge >= 0.3 is 0 Å². The Balaban J connectivity index is 1.63. The molecule has 5 rings (SSSR count). The van der Waals surface area contributed by atoms with Crippen LogP contribution in [0.2, 0.25) is 0 Å². The van der Waals surface area contributed by atoms with E-state index in [1.807, 2.05) is 16.5 Å². The summed E-state index contributed by atoms with van der Waals surface area (Å²) in [5.74, 6) is -0.0149. The van der Waals surface area contributed by atoms with Crippen molar-refractivity contribution in [1.82, 2.24) is 29.5 Å². The SMILES string of the molecule is [C-]#[N+]c1c(-c2ccn(C)n2)cc(F)c(-c2ccc(F)nc2)c1N1CCC(c2nncn2C)CC1. The molecule has 0 unspecified atom stereocenters. The number of piperidine rings is 1. The van der Waals surface area contributed by atoms with Gasteiger partial charge in [-0.3, -0.25) is 4.68 Å². The second kappa shape index (κ2) is 8.67. The van der Waals surface area contributed by atoms with Crippen LogP contribution >= 0.6 is 0 Å². The Bertz CT molecular complexity index is 1380. The van der Waals surface area contributed by atoms with Gasteiger partial charge in [0.1, 0.15) is 18.0 Å². The summed E-state index contributed by atoms with van der Waals surface area (Å²) in [6.45, 7) is 9.20. The topological polar surface area (TPSA) is 69.0 Å². The molecular weight excluding hydrogens is 438 g/mol. The minimum atomic E-state index is -0.647. The van der Waals surface area contributed by atoms with E-state index in [-0.39, 0.29) is 11.5 Å². The molecule has 0 aliphatic carbocycles. The molecule has 1 aliphatic rings. The number of rotatable bonds is 4. The van der Waals surface area contributed by atoms with E-state index in [2.05, 4.69) is 25.1 Å². The van der Waals surface area contributed by atoms with Gasteiger partial charge in [-0.2, -0.15) is 9.49 Å². The Kier molecular flexibility index (Phi) is 5.53. The molecule has 3 aromatic heterocycles. The molecule has 0 N–H and O–H groups in total. The van der Waals surface area contributed by atoms with Crippen molar-refractivity contribution in [2.45, 2.75) is 18.8 Å². The Morgan fingerprint density at radius 2 is 1.91 bits per heavy atom. The summed E-state index contributed by atoms with van der Waals surface area (Å²) in [6.07, 6.45) is 6.30. The summed E-state index contributed by atoms with van der Waals surface area (Å²) >= 11 is 0. The van der Waals surface area contributed by atoms with Crippen molar-refractivity contribution < 1.29 is 8.78 Å². The van der Waals surface area contributed by atoms with Crippen LogP contribution in [-0.2, 0) is 14.1 Å². The Morgan fingerprint density at radius 3 is 2.50 bits per heavy atom. The van der Waals surface area contributed by atoms with Crippen LogP contribution in [0.5, 0.6) is 0 Å². The van der Waals surface area contributed by atoms with Gasteiger partial charge in [-0.15, -0.1) is 10.2 Å². The van der Waals surface area contributed by atoms with Gasteiger partial charge in [0.25, 0.3) is 0 Å². The van der Waals surface area contributed by atoms with Crippen LogP contribution in [0.1, 0.15) is 24.6 Å². The van der Waals surface area contributed by atoms with Crippen LogP contribution in [0.25, 0.3) is 27.2 Å². The number of anilines is 1. The van der Waals surface area contributed by atoms with E-state index in [0.717, 1.165) is 18.7 Å². The highest BCUT2D eigenvalue weighted by Gasteiger charge is 2.30. The van der Waals surface area contributed by atoms with E-state index in [4.69, 9.17) is 6.57 Å². The Morgan fingerprint density at radius 1 is 1.12 bits per heavy atom. The highest BCUT2D eigenvalue weighted by molar-refractivity contribution is 5.96. The fourth-order valence-electron chi connectivity index (χ4n) is 4.62. The number of aryl methyl sites for hydroxylation is 2. The second-order valence-electron chi connectivity index (χ2n) is 8.40. The first-order valence-corrected chi connectivity index (χ1v) is 10.9. The van der Waals surface area contributed by atoms with Crippen LogP contribution in [-0.4, -0.2) is 42.6 Å². The molecule has 0 radical (unpaired) electrons. The van der Waals surface area contributed by atoms with Gasteiger partial charge in [-0.05, 0) is 37.1 Å². The maximum atomic E-state index is 15.7. The highest BCUT2D eigenvalue weighted by atomic mass is 19.1. The summed E-state index contributed by atoms with van der Waals surface area (Å²) in [5, 5.41) is 12.6. The van der Waals surface area contributed by atoms with Crippen LogP contribution < -0.4 is 4.90 Å². The Labute approximate surface area is 195 Å². The molecule has 34 heavy (non-hydrogen) atoms. The monoisotopic (exact) mass is 460 g/mol. The first-order chi connectivity index (χ1) is 16.5. The number of nitrogens with zero attached hydrogens (tertiary/aromatic N) is 8. The lowest BCUT2D eigenvalue weighted by atomic mass is 9.92. The quantitative estimate of drug-likeness (QED) is 0.332. The highest BCUT2D eigenvalue weighted by Crippen LogP contribution is 2.47. The third kappa shape index (κ3) is 3.79. The third-order valence-electron chi connectivity index (χ3n) is 6.27. The maximum Gasteiger partial charge on any atom is 0.219 e. The number of hydrogen-bond donors (Lipinski definition) is 0. The molecule has 0 spiro atoms. The van der Waals surface area contributed by atoms with Gasteiger partial charge < -0.3 is 9.47 Å². The first-order valence-electron chi connectivity index (χ1n) is 10.9. The summed E-state index contributed by atoms with van der Waals surface area (Å²) in [4.78, 5) is 9.58. The van der Waals surface area contributed by atoms with Crippen molar-refractivity contribution in [2.24, 2.45) is 14.1 Å². The summed E-state index contributed by atoms with van der Waals surface area (Å²) in [7, 11) is 3.69. The molecule has 1 fully saturated rings. The van der Waals surface area contributed by atoms with Crippen molar-refractivity contribution in [1.29, 1.82) is 0 Å². The third-order valence-corrected chi connectivity index (χ3v) is 6.27. The molecule has 1 saturated heterocycles. The average molecular weight is 460 g/mol. The molecule has 8 nitrogen and oxygen atoms in total. The van der Waals surface area contributed by atoms with Crippen LogP contribution in [0.15, 0.2) is 43.0 Å². The summed E-state index contributed by atoms with van der Waals surface area (Å²) < 4.78 is 32.8. The minimum Gasteiger partial charge on any atom is -0.380 e. The number of hydrogen-bond acceptors (Lipinski definition) is 5. The van der Waals surface area contributed by atoms with Crippen molar-refractivity contribution in [3.05, 3.63) is 72.0 Å². The normalized spacial score (nSPS) is 14.4. The lowest BCUT2D eigenvalue weighted by Crippen LogP contribution is -2.34. The van der Waals surface area contributed by atoms with Gasteiger partial charge in [0, 0.05) is 62.2 Å². The first kappa shape index (κ1) is 21.7. The van der Waals surface area contributed by atoms with E-state index in [1.54, 1.807) is 30.3 Å². The number of halogens is 2. The molecule has 10 heteroatoms. The zero-order valence-corrected chi connectivity index (χ0v) is 18.8. The van der Waals surface area contributed by atoms with Gasteiger partial charge in [-0.25, -0.2) is 14.2 Å². The molecule has 0 amide bonds. The zero-order chi connectivity index (χ0) is 23.8. The minimum absolute atomic E-state index is 0.222. The predicted octanol–water partition coefficient (Wildman–Crippen LogP) is 4.49. The lowest BCUT2D eigenvalue weighted by Gasteiger charge is -2.35. The smallest absolute Gasteiger partial charge is 0.219 e. The van der Waals surface area contributed by atoms with Crippen LogP contribution in [0.3, 0.4) is 0 Å². The molecular formula is C24H22F2N8. The molecule has 4 aromatic rings. The van der Waals surface area contributed by atoms with Crippen molar-refractivity contribution in [2.75, 3.05) is 18.0 Å². The average Bonchev–Trinajstić information content (AvgIpc) is 3.47. The molecule has 1 aliphatic heterocycles. The lowest BCUT2D eigenvalue weighted by molar-refractivity contribution is 0.474. The van der Waals surface area contributed by atoms with E-state index in [9.17, 15) is 4.39 Å². The van der Waals surface area contributed by atoms with Gasteiger partial charge in [0.05, 0.1) is 18.0 Å². The van der Waals surface area contributed by atoms with Crippen LogP contribution in [0, 0.1) is 18.3 Å². The van der Waals surface area contributed by atoms with Crippen molar-refractivity contribution >= 4 is 11.4 Å². The molecule has 1 aromatic carbocycles. The molecule has 172 valence electrons. The molecule has 4 heterocycles. The summed E-state index contributed by atoms with van der Waals surface area (Å²) in [6, 6.07) is 5.78. The maximum absolute atomic E-state index is 15.7. The Hall–Kier alpha value is -4.13. The van der Waals surface area contributed by atoms with Gasteiger partial charge in [0.2, 0.25) is 11.6 Å². The fourth-order valence-corrected chi connectivity index (χ4v) is 4.62. The van der Waals surface area contributed by atoms with E-state index in [0.29, 0.717) is 41.3 Å². The number of pyridine rings is 1. The standard InChI is InChI=1S/C24H22F2N8/c1-27-22-17(19-8-9-33(3)31-19)12-18(25)21(16-4-5-20(26)28-13-16)23(22)34-10-6-15(7-11-34)24-30-29-14-32(24)2/h4-5,8-9,12-15H,6-7,10-11H2,2-3H3. The predicted molar refractivity (Wildman–Crippen MR) is 123 cm³/mol. The largest absolute Gasteiger partial charge is 0.380 e. The molecule has 0 saturated carbocycles. The van der Waals surface area contributed by atoms with Gasteiger partial charge in [-0.1, -0.05) is 0 Å². The fraction of sp³-hybridized carbons (Fsp3) is 0.292. The number of aromatic nitrogens is 6. The van der Waals surface area contributed by atoms with Gasteiger partial charge in [0.15, 0.2) is 0 Å². The molecule has 0 bridgehead atoms. The molecule has 0 atom stereocenters. The van der Waals surface area contributed by atoms with E-state index >= 15 is 4.39 Å². The summed E-state index contributed by atoms with van der Waals surface area (Å²) in [5.41, 5.74) is 2.41. The second-order valence-corrected chi connectivity index (χ2v) is 8.40. The number of benzene rings is 1.